The monoisotopic (exact) mass is 298 g/mol. The maximum Gasteiger partial charge on any atom is 0.266 e. The van der Waals surface area contributed by atoms with E-state index in [2.05, 4.69) is 4.98 Å². The Bertz CT molecular complexity index is 292. The van der Waals surface area contributed by atoms with E-state index in [1.54, 1.807) is 35.6 Å². The first-order chi connectivity index (χ1) is 6.06. The Morgan fingerprint density at radius 3 is 2.62 bits per heavy atom. The highest BCUT2D eigenvalue weighted by molar-refractivity contribution is 14.1. The highest BCUT2D eigenvalue weighted by Gasteiger charge is 2.16. The molecule has 0 spiro atoms. The summed E-state index contributed by atoms with van der Waals surface area (Å²) in [4.78, 5) is 3.96. The standard InChI is InChI=1S/C8H9F2IN2/c1-4-2-5(3-12)13-8(11)6(4)7(9)10/h2,7H,3,12H2,1H3. The van der Waals surface area contributed by atoms with Gasteiger partial charge in [-0.3, -0.25) is 0 Å². The van der Waals surface area contributed by atoms with Crippen molar-refractivity contribution >= 4 is 22.6 Å². The van der Waals surface area contributed by atoms with Crippen molar-refractivity contribution in [3.63, 3.8) is 0 Å². The minimum Gasteiger partial charge on any atom is -0.325 e. The van der Waals surface area contributed by atoms with Crippen molar-refractivity contribution in [2.45, 2.75) is 19.9 Å². The van der Waals surface area contributed by atoms with E-state index in [9.17, 15) is 8.78 Å². The molecule has 1 rings (SSSR count). The summed E-state index contributed by atoms with van der Waals surface area (Å²) in [6, 6.07) is 1.60. The quantitative estimate of drug-likeness (QED) is 0.672. The molecule has 0 aromatic carbocycles. The molecular formula is C8H9F2IN2. The predicted octanol–water partition coefficient (Wildman–Crippen LogP) is 2.39. The Hall–Kier alpha value is -0.300. The van der Waals surface area contributed by atoms with Crippen LogP contribution in [0.4, 0.5) is 8.78 Å². The van der Waals surface area contributed by atoms with Crippen molar-refractivity contribution in [1.29, 1.82) is 0 Å². The minimum absolute atomic E-state index is 0.0119. The van der Waals surface area contributed by atoms with Gasteiger partial charge >= 0.3 is 0 Å². The average Bonchev–Trinajstić information content (AvgIpc) is 2.02. The van der Waals surface area contributed by atoms with Crippen molar-refractivity contribution in [2.75, 3.05) is 0 Å². The van der Waals surface area contributed by atoms with Crippen LogP contribution >= 0.6 is 22.6 Å². The molecule has 0 bridgehead atoms. The molecule has 0 amide bonds. The molecule has 2 nitrogen and oxygen atoms in total. The molecule has 0 atom stereocenters. The Labute approximate surface area is 88.7 Å². The van der Waals surface area contributed by atoms with Crippen molar-refractivity contribution < 1.29 is 8.78 Å². The van der Waals surface area contributed by atoms with Crippen LogP contribution in [0.3, 0.4) is 0 Å². The number of nitrogens with zero attached hydrogens (tertiary/aromatic N) is 1. The van der Waals surface area contributed by atoms with Crippen LogP contribution in [-0.2, 0) is 6.54 Å². The Kier molecular flexibility index (Phi) is 3.55. The van der Waals surface area contributed by atoms with E-state index in [1.807, 2.05) is 0 Å². The first-order valence-electron chi connectivity index (χ1n) is 3.70. The minimum atomic E-state index is -2.47. The summed E-state index contributed by atoms with van der Waals surface area (Å²) in [5.41, 5.74) is 6.57. The van der Waals surface area contributed by atoms with Gasteiger partial charge in [0.15, 0.2) is 0 Å². The van der Waals surface area contributed by atoms with Gasteiger partial charge in [-0.25, -0.2) is 13.8 Å². The number of hydrogen-bond donors (Lipinski definition) is 1. The van der Waals surface area contributed by atoms with E-state index in [1.165, 1.54) is 0 Å². The predicted molar refractivity (Wildman–Crippen MR) is 54.5 cm³/mol. The number of aryl methyl sites for hydroxylation is 1. The van der Waals surface area contributed by atoms with Gasteiger partial charge < -0.3 is 5.73 Å². The van der Waals surface area contributed by atoms with Crippen LogP contribution < -0.4 is 5.73 Å². The van der Waals surface area contributed by atoms with Crippen LogP contribution in [-0.4, -0.2) is 4.98 Å². The lowest BCUT2D eigenvalue weighted by Gasteiger charge is -2.08. The second-order valence-corrected chi connectivity index (χ2v) is 3.66. The molecule has 0 fully saturated rings. The average molecular weight is 298 g/mol. The maximum absolute atomic E-state index is 12.4. The van der Waals surface area contributed by atoms with Crippen molar-refractivity contribution in [1.82, 2.24) is 4.98 Å². The van der Waals surface area contributed by atoms with Crippen molar-refractivity contribution in [3.8, 4) is 0 Å². The molecule has 13 heavy (non-hydrogen) atoms. The van der Waals surface area contributed by atoms with Crippen LogP contribution in [0.2, 0.25) is 0 Å². The van der Waals surface area contributed by atoms with Crippen LogP contribution in [0, 0.1) is 10.6 Å². The topological polar surface area (TPSA) is 38.9 Å². The fraction of sp³-hybridized carbons (Fsp3) is 0.375. The van der Waals surface area contributed by atoms with Gasteiger partial charge in [0.25, 0.3) is 6.43 Å². The number of nitrogens with two attached hydrogens (primary N) is 1. The second kappa shape index (κ2) is 4.28. The van der Waals surface area contributed by atoms with Gasteiger partial charge in [-0.1, -0.05) is 0 Å². The van der Waals surface area contributed by atoms with E-state index in [-0.39, 0.29) is 12.1 Å². The summed E-state index contributed by atoms with van der Waals surface area (Å²) in [6.45, 7) is 1.92. The smallest absolute Gasteiger partial charge is 0.266 e. The molecule has 1 aromatic heterocycles. The zero-order valence-corrected chi connectivity index (χ0v) is 9.18. The molecule has 0 aliphatic carbocycles. The summed E-state index contributed by atoms with van der Waals surface area (Å²) in [7, 11) is 0. The fourth-order valence-electron chi connectivity index (χ4n) is 1.08. The van der Waals surface area contributed by atoms with Crippen molar-refractivity contribution in [3.05, 3.63) is 26.6 Å². The van der Waals surface area contributed by atoms with Gasteiger partial charge in [0, 0.05) is 6.54 Å². The molecular weight excluding hydrogens is 289 g/mol. The summed E-state index contributed by atoms with van der Waals surface area (Å²) in [5.74, 6) is 0. The van der Waals surface area contributed by atoms with Gasteiger partial charge in [-0.2, -0.15) is 0 Å². The third-order valence-corrected chi connectivity index (χ3v) is 2.52. The van der Waals surface area contributed by atoms with Crippen LogP contribution in [0.15, 0.2) is 6.07 Å². The number of hydrogen-bond acceptors (Lipinski definition) is 2. The van der Waals surface area contributed by atoms with E-state index in [0.717, 1.165) is 0 Å². The molecule has 5 heteroatoms. The Morgan fingerprint density at radius 1 is 1.62 bits per heavy atom. The number of rotatable bonds is 2. The highest BCUT2D eigenvalue weighted by Crippen LogP contribution is 2.26. The third-order valence-electron chi connectivity index (χ3n) is 1.70. The number of alkyl halides is 2. The Balaban J connectivity index is 3.23. The van der Waals surface area contributed by atoms with E-state index >= 15 is 0 Å². The van der Waals surface area contributed by atoms with Crippen LogP contribution in [0.1, 0.15) is 23.2 Å². The van der Waals surface area contributed by atoms with Crippen LogP contribution in [0.5, 0.6) is 0 Å². The lowest BCUT2D eigenvalue weighted by Crippen LogP contribution is -2.05. The zero-order valence-electron chi connectivity index (χ0n) is 7.02. The highest BCUT2D eigenvalue weighted by atomic mass is 127. The third kappa shape index (κ3) is 2.34. The van der Waals surface area contributed by atoms with Gasteiger partial charge in [-0.15, -0.1) is 0 Å². The number of aromatic nitrogens is 1. The summed E-state index contributed by atoms with van der Waals surface area (Å²) in [6.07, 6.45) is -2.47. The SMILES string of the molecule is Cc1cc(CN)nc(I)c1C(F)F. The van der Waals surface area contributed by atoms with Gasteiger partial charge in [0.05, 0.1) is 11.3 Å². The maximum atomic E-state index is 12.4. The zero-order chi connectivity index (χ0) is 10.0. The molecule has 72 valence electrons. The summed E-state index contributed by atoms with van der Waals surface area (Å²) < 4.78 is 25.2. The van der Waals surface area contributed by atoms with Crippen molar-refractivity contribution in [2.24, 2.45) is 5.73 Å². The number of pyridine rings is 1. The van der Waals surface area contributed by atoms with Gasteiger partial charge in [-0.05, 0) is 41.1 Å². The molecule has 1 aromatic rings. The Morgan fingerprint density at radius 2 is 2.23 bits per heavy atom. The summed E-state index contributed by atoms with van der Waals surface area (Å²) >= 11 is 1.80. The van der Waals surface area contributed by atoms with Gasteiger partial charge in [0.1, 0.15) is 3.70 Å². The molecule has 1 heterocycles. The van der Waals surface area contributed by atoms with E-state index in [4.69, 9.17) is 5.73 Å². The summed E-state index contributed by atoms with van der Waals surface area (Å²) in [5, 5.41) is 0. The molecule has 0 radical (unpaired) electrons. The molecule has 0 unspecified atom stereocenters. The largest absolute Gasteiger partial charge is 0.325 e. The van der Waals surface area contributed by atoms with Crippen LogP contribution in [0.25, 0.3) is 0 Å². The molecule has 0 aliphatic rings. The molecule has 0 saturated carbocycles. The normalized spacial score (nSPS) is 10.9. The van der Waals surface area contributed by atoms with E-state index < -0.39 is 6.43 Å². The lowest BCUT2D eigenvalue weighted by atomic mass is 10.1. The first-order valence-corrected chi connectivity index (χ1v) is 4.78. The van der Waals surface area contributed by atoms with Gasteiger partial charge in [0.2, 0.25) is 0 Å². The number of halogens is 3. The fourth-order valence-corrected chi connectivity index (χ4v) is 2.05. The lowest BCUT2D eigenvalue weighted by molar-refractivity contribution is 0.149. The second-order valence-electron chi connectivity index (χ2n) is 2.64. The molecule has 0 aliphatic heterocycles. The molecule has 2 N–H and O–H groups in total. The van der Waals surface area contributed by atoms with E-state index in [0.29, 0.717) is 15.0 Å². The first kappa shape index (κ1) is 10.8. The molecule has 0 saturated heterocycles.